The van der Waals surface area contributed by atoms with E-state index in [0.29, 0.717) is 19.3 Å². The van der Waals surface area contributed by atoms with Crippen molar-refractivity contribution in [2.24, 2.45) is 0 Å². The lowest BCUT2D eigenvalue weighted by Gasteiger charge is -2.18. The molecule has 0 aromatic carbocycles. The Kier molecular flexibility index (Phi) is 58.3. The second-order valence-corrected chi connectivity index (χ2v) is 20.2. The van der Waals surface area contributed by atoms with Crippen LogP contribution in [0.1, 0.15) is 284 Å². The van der Waals surface area contributed by atoms with Gasteiger partial charge in [-0.2, -0.15) is 0 Å². The lowest BCUT2D eigenvalue weighted by atomic mass is 10.0. The maximum atomic E-state index is 12.9. The molecule has 0 aliphatic heterocycles. The zero-order chi connectivity index (χ0) is 53.6. The van der Waals surface area contributed by atoms with Crippen molar-refractivity contribution in [3.63, 3.8) is 0 Å². The minimum Gasteiger partial charge on any atom is -0.462 e. The number of carbonyl (C=O) groups is 3. The smallest absolute Gasteiger partial charge is 0.306 e. The molecule has 6 nitrogen and oxygen atoms in total. The monoisotopic (exact) mass is 1030 g/mol. The Morgan fingerprint density at radius 1 is 0.284 bits per heavy atom. The molecule has 0 radical (unpaired) electrons. The van der Waals surface area contributed by atoms with Crippen molar-refractivity contribution >= 4 is 17.9 Å². The summed E-state index contributed by atoms with van der Waals surface area (Å²) in [5.74, 6) is -0.902. The van der Waals surface area contributed by atoms with Crippen LogP contribution in [0, 0.1) is 0 Å². The normalized spacial score (nSPS) is 12.9. The Balaban J connectivity index is 4.30. The number of unbranched alkanes of at least 4 members (excludes halogenated alkanes) is 26. The van der Waals surface area contributed by atoms with Gasteiger partial charge in [-0.25, -0.2) is 0 Å². The quantitative estimate of drug-likeness (QED) is 0.0261. The highest BCUT2D eigenvalue weighted by Crippen LogP contribution is 2.16. The fourth-order valence-corrected chi connectivity index (χ4v) is 8.46. The van der Waals surface area contributed by atoms with E-state index < -0.39 is 6.10 Å². The third-order valence-electron chi connectivity index (χ3n) is 13.0. The van der Waals surface area contributed by atoms with Gasteiger partial charge in [-0.3, -0.25) is 14.4 Å². The van der Waals surface area contributed by atoms with Gasteiger partial charge in [0.25, 0.3) is 0 Å². The number of rotatable bonds is 55. The van der Waals surface area contributed by atoms with E-state index in [1.807, 2.05) is 0 Å². The summed E-state index contributed by atoms with van der Waals surface area (Å²) < 4.78 is 16.9. The predicted molar refractivity (Wildman–Crippen MR) is 320 cm³/mol. The first-order valence-corrected chi connectivity index (χ1v) is 30.9. The topological polar surface area (TPSA) is 78.9 Å². The molecule has 422 valence electrons. The van der Waals surface area contributed by atoms with Crippen molar-refractivity contribution in [1.82, 2.24) is 0 Å². The van der Waals surface area contributed by atoms with E-state index in [2.05, 4.69) is 130 Å². The van der Waals surface area contributed by atoms with E-state index in [4.69, 9.17) is 14.2 Å². The fraction of sp³-hybridized carbons (Fsp3) is 0.691. The van der Waals surface area contributed by atoms with E-state index in [9.17, 15) is 14.4 Å². The Bertz CT molecular complexity index is 1510. The lowest BCUT2D eigenvalue weighted by Crippen LogP contribution is -2.30. The van der Waals surface area contributed by atoms with Crippen LogP contribution in [0.2, 0.25) is 0 Å². The van der Waals surface area contributed by atoms with Gasteiger partial charge in [0.15, 0.2) is 6.10 Å². The van der Waals surface area contributed by atoms with Crippen molar-refractivity contribution in [3.05, 3.63) is 109 Å². The molecule has 6 heteroatoms. The third-order valence-corrected chi connectivity index (χ3v) is 13.0. The second kappa shape index (κ2) is 61.6. The highest BCUT2D eigenvalue weighted by atomic mass is 16.6. The average molecular weight is 1030 g/mol. The summed E-state index contributed by atoms with van der Waals surface area (Å²) >= 11 is 0. The van der Waals surface area contributed by atoms with Gasteiger partial charge in [0.1, 0.15) is 13.2 Å². The molecule has 0 N–H and O–H groups in total. The number of ether oxygens (including phenoxy) is 3. The number of esters is 3. The molecule has 0 aromatic rings. The number of hydrogen-bond donors (Lipinski definition) is 0. The molecule has 0 rings (SSSR count). The van der Waals surface area contributed by atoms with Crippen LogP contribution < -0.4 is 0 Å². The van der Waals surface area contributed by atoms with Crippen molar-refractivity contribution < 1.29 is 28.6 Å². The molecular formula is C68H114O6. The molecule has 1 unspecified atom stereocenters. The summed E-state index contributed by atoms with van der Waals surface area (Å²) in [5, 5.41) is 0. The van der Waals surface area contributed by atoms with Gasteiger partial charge < -0.3 is 14.2 Å². The third kappa shape index (κ3) is 59.0. The average Bonchev–Trinajstić information content (AvgIpc) is 3.40. The molecule has 0 bridgehead atoms. The summed E-state index contributed by atoms with van der Waals surface area (Å²) in [7, 11) is 0. The molecule has 74 heavy (non-hydrogen) atoms. The minimum absolute atomic E-state index is 0.0852. The Morgan fingerprint density at radius 2 is 0.527 bits per heavy atom. The molecule has 0 aliphatic carbocycles. The van der Waals surface area contributed by atoms with E-state index >= 15 is 0 Å². The zero-order valence-electron chi connectivity index (χ0n) is 48.3. The number of allylic oxidation sites excluding steroid dienone is 18. The van der Waals surface area contributed by atoms with Gasteiger partial charge in [-0.1, -0.05) is 271 Å². The molecule has 0 amide bonds. The van der Waals surface area contributed by atoms with E-state index in [1.165, 1.54) is 109 Å². The van der Waals surface area contributed by atoms with E-state index in [-0.39, 0.29) is 31.1 Å². The Morgan fingerprint density at radius 3 is 0.824 bits per heavy atom. The van der Waals surface area contributed by atoms with Gasteiger partial charge in [-0.15, -0.1) is 0 Å². The first-order chi connectivity index (χ1) is 36.5. The molecule has 0 aromatic heterocycles. The van der Waals surface area contributed by atoms with Crippen LogP contribution in [0.15, 0.2) is 109 Å². The molecule has 0 aliphatic rings. The maximum Gasteiger partial charge on any atom is 0.306 e. The molecule has 0 saturated carbocycles. The van der Waals surface area contributed by atoms with Crippen LogP contribution in [0.5, 0.6) is 0 Å². The van der Waals surface area contributed by atoms with Crippen molar-refractivity contribution in [2.75, 3.05) is 13.2 Å². The first-order valence-electron chi connectivity index (χ1n) is 30.9. The van der Waals surface area contributed by atoms with Gasteiger partial charge >= 0.3 is 17.9 Å². The highest BCUT2D eigenvalue weighted by Gasteiger charge is 2.19. The molecule has 0 fully saturated rings. The van der Waals surface area contributed by atoms with Crippen LogP contribution in [-0.2, 0) is 28.6 Å². The fourth-order valence-electron chi connectivity index (χ4n) is 8.46. The summed E-state index contributed by atoms with van der Waals surface area (Å²) in [6.07, 6.45) is 83.8. The maximum absolute atomic E-state index is 12.9. The summed E-state index contributed by atoms with van der Waals surface area (Å²) in [5.41, 5.74) is 0. The molecular weight excluding hydrogens is 913 g/mol. The lowest BCUT2D eigenvalue weighted by molar-refractivity contribution is -0.167. The highest BCUT2D eigenvalue weighted by molar-refractivity contribution is 5.71. The Hall–Kier alpha value is -3.93. The molecule has 1 atom stereocenters. The van der Waals surface area contributed by atoms with Crippen molar-refractivity contribution in [2.45, 2.75) is 290 Å². The minimum atomic E-state index is -0.789. The summed E-state index contributed by atoms with van der Waals surface area (Å²) in [6.45, 7) is 6.40. The van der Waals surface area contributed by atoms with Crippen molar-refractivity contribution in [1.29, 1.82) is 0 Å². The first kappa shape index (κ1) is 70.1. The Labute approximate surface area is 457 Å². The van der Waals surface area contributed by atoms with E-state index in [0.717, 1.165) is 135 Å². The molecule has 0 saturated heterocycles. The SMILES string of the molecule is CC/C=C\C/C=C\C/C=C\C/C=C\C/C=C\CCCCCCCC(=O)OC(COC(=O)CCCCCCCCCCCC)COC(=O)CCCCCCCCCCCCCC/C=C\C/C=C\C/C=C\C/C=C\CC. The second-order valence-electron chi connectivity index (χ2n) is 20.2. The van der Waals surface area contributed by atoms with Gasteiger partial charge in [0.05, 0.1) is 0 Å². The van der Waals surface area contributed by atoms with E-state index in [1.54, 1.807) is 0 Å². The largest absolute Gasteiger partial charge is 0.462 e. The zero-order valence-corrected chi connectivity index (χ0v) is 48.3. The van der Waals surface area contributed by atoms with Gasteiger partial charge in [0, 0.05) is 19.3 Å². The molecule has 0 spiro atoms. The van der Waals surface area contributed by atoms with Crippen LogP contribution in [0.3, 0.4) is 0 Å². The van der Waals surface area contributed by atoms with Crippen LogP contribution in [-0.4, -0.2) is 37.2 Å². The van der Waals surface area contributed by atoms with Gasteiger partial charge in [-0.05, 0) is 103 Å². The van der Waals surface area contributed by atoms with Crippen molar-refractivity contribution in [3.8, 4) is 0 Å². The number of hydrogen-bond acceptors (Lipinski definition) is 6. The standard InChI is InChI=1S/C68H114O6/c1-4-7-10-13-16-19-22-24-26-28-30-32-33-34-35-37-38-40-42-44-46-49-52-55-58-61-67(70)73-64-65(63-72-66(69)60-57-54-51-48-21-18-15-12-9-6-3)74-68(71)62-59-56-53-50-47-45-43-41-39-36-31-29-27-25-23-20-17-14-11-8-5-2/h7-8,10-11,16-17,19-20,24-27,30-32,36,41,43,65H,4-6,9,12-15,18,21-23,28-29,33-35,37-40,42,44-64H2,1-3H3/b10-7-,11-8-,19-16-,20-17-,26-24-,27-25-,32-30-,36-31-,43-41-. The summed E-state index contributed by atoms with van der Waals surface area (Å²) in [4.78, 5) is 38.2. The van der Waals surface area contributed by atoms with Crippen LogP contribution >= 0.6 is 0 Å². The number of carbonyl (C=O) groups excluding carboxylic acids is 3. The molecule has 0 heterocycles. The predicted octanol–water partition coefficient (Wildman–Crippen LogP) is 21.0. The summed E-state index contributed by atoms with van der Waals surface area (Å²) in [6, 6.07) is 0. The van der Waals surface area contributed by atoms with Crippen LogP contribution in [0.4, 0.5) is 0 Å². The van der Waals surface area contributed by atoms with Gasteiger partial charge in [0.2, 0.25) is 0 Å². The van der Waals surface area contributed by atoms with Crippen LogP contribution in [0.25, 0.3) is 0 Å².